The molecule has 96 valence electrons. The highest BCUT2D eigenvalue weighted by atomic mass is 79.9. The van der Waals surface area contributed by atoms with Crippen LogP contribution in [0.15, 0.2) is 10.5 Å². The number of halogens is 1. The Balaban J connectivity index is 3.50. The molecule has 0 spiro atoms. The Morgan fingerprint density at radius 3 is 2.56 bits per heavy atom. The Bertz CT molecular complexity index is 528. The number of carbonyl (C=O) groups excluding carboxylic acids is 2. The van der Waals surface area contributed by atoms with E-state index in [-0.39, 0.29) is 22.6 Å². The molecule has 0 atom stereocenters. The lowest BCUT2D eigenvalue weighted by atomic mass is 10.1. The summed E-state index contributed by atoms with van der Waals surface area (Å²) in [4.78, 5) is 22.5. The van der Waals surface area contributed by atoms with Gasteiger partial charge in [0.05, 0.1) is 22.8 Å². The molecule has 7 heteroatoms. The molecular weight excluding hydrogens is 304 g/mol. The average molecular weight is 315 g/mol. The second-order valence-corrected chi connectivity index (χ2v) is 4.09. The summed E-state index contributed by atoms with van der Waals surface area (Å²) in [5, 5.41) is 7.27. The second-order valence-electron chi connectivity index (χ2n) is 3.29. The summed E-state index contributed by atoms with van der Waals surface area (Å²) in [5.41, 5.74) is 6.11. The average Bonchev–Trinajstić information content (AvgIpc) is 2.32. The molecule has 0 saturated carbocycles. The van der Waals surface area contributed by atoms with Crippen LogP contribution in [0.4, 0.5) is 5.69 Å². The Morgan fingerprint density at radius 2 is 2.11 bits per heavy atom. The highest BCUT2D eigenvalue weighted by Gasteiger charge is 2.20. The van der Waals surface area contributed by atoms with E-state index in [0.717, 1.165) is 6.21 Å². The molecule has 0 aliphatic heterocycles. The summed E-state index contributed by atoms with van der Waals surface area (Å²) in [6.07, 6.45) is 0.957. The number of rotatable bonds is 3. The topological polar surface area (TPSA) is 102 Å². The van der Waals surface area contributed by atoms with Crippen LogP contribution in [0.2, 0.25) is 0 Å². The molecule has 0 radical (unpaired) electrons. The molecule has 1 aromatic rings. The number of ether oxygens (including phenoxy) is 2. The zero-order chi connectivity index (χ0) is 13.9. The summed E-state index contributed by atoms with van der Waals surface area (Å²) in [7, 11) is 1.21. The van der Waals surface area contributed by atoms with Crippen molar-refractivity contribution >= 4 is 39.8 Å². The van der Waals surface area contributed by atoms with Crippen molar-refractivity contribution in [1.82, 2.24) is 0 Å². The molecule has 0 amide bonds. The first kappa shape index (κ1) is 14.2. The third-order valence-corrected chi connectivity index (χ3v) is 2.93. The predicted octanol–water partition coefficient (Wildman–Crippen LogP) is 1.74. The van der Waals surface area contributed by atoms with Crippen LogP contribution in [0, 0.1) is 5.41 Å². The van der Waals surface area contributed by atoms with Crippen molar-refractivity contribution in [2.45, 2.75) is 6.92 Å². The number of carbonyl (C=O) groups is 2. The van der Waals surface area contributed by atoms with Gasteiger partial charge in [0.25, 0.3) is 0 Å². The molecule has 6 nitrogen and oxygen atoms in total. The minimum absolute atomic E-state index is 0.0375. The number of nitrogens with one attached hydrogen (secondary N) is 1. The first-order valence-electron chi connectivity index (χ1n) is 4.81. The van der Waals surface area contributed by atoms with Gasteiger partial charge in [-0.2, -0.15) is 0 Å². The van der Waals surface area contributed by atoms with Gasteiger partial charge in [-0.1, -0.05) is 0 Å². The van der Waals surface area contributed by atoms with E-state index in [1.165, 1.54) is 20.1 Å². The largest absolute Gasteiger partial charge is 0.465 e. The fourth-order valence-electron chi connectivity index (χ4n) is 1.32. The maximum Gasteiger partial charge on any atom is 0.340 e. The monoisotopic (exact) mass is 314 g/mol. The molecule has 0 saturated heterocycles. The molecule has 0 aliphatic carbocycles. The molecular formula is C11H11BrN2O4. The lowest BCUT2D eigenvalue weighted by Crippen LogP contribution is -2.11. The standard InChI is InChI=1S/C11H11BrN2O4/c1-5(15)18-8-3-6(11(16)17-2)10(14)7(4-13)9(8)12/h3-4,13H,14H2,1-2H3. The Morgan fingerprint density at radius 1 is 1.50 bits per heavy atom. The van der Waals surface area contributed by atoms with E-state index in [9.17, 15) is 9.59 Å². The van der Waals surface area contributed by atoms with E-state index in [0.29, 0.717) is 4.47 Å². The van der Waals surface area contributed by atoms with Gasteiger partial charge in [-0.25, -0.2) is 4.79 Å². The van der Waals surface area contributed by atoms with E-state index in [1.54, 1.807) is 0 Å². The summed E-state index contributed by atoms with van der Waals surface area (Å²) in [5.74, 6) is -1.11. The van der Waals surface area contributed by atoms with Crippen molar-refractivity contribution in [2.75, 3.05) is 12.8 Å². The highest BCUT2D eigenvalue weighted by Crippen LogP contribution is 2.34. The van der Waals surface area contributed by atoms with Crippen molar-refractivity contribution in [3.05, 3.63) is 21.7 Å². The fraction of sp³-hybridized carbons (Fsp3) is 0.182. The van der Waals surface area contributed by atoms with E-state index in [2.05, 4.69) is 20.7 Å². The number of anilines is 1. The number of nitrogens with two attached hydrogens (primary N) is 1. The number of benzene rings is 1. The second kappa shape index (κ2) is 5.63. The molecule has 18 heavy (non-hydrogen) atoms. The zero-order valence-corrected chi connectivity index (χ0v) is 11.3. The van der Waals surface area contributed by atoms with Crippen LogP contribution in [0.25, 0.3) is 0 Å². The van der Waals surface area contributed by atoms with E-state index in [1.807, 2.05) is 0 Å². The SMILES string of the molecule is COC(=O)c1cc(OC(C)=O)c(Br)c(C=N)c1N. The smallest absolute Gasteiger partial charge is 0.340 e. The van der Waals surface area contributed by atoms with Crippen molar-refractivity contribution < 1.29 is 19.1 Å². The summed E-state index contributed by atoms with van der Waals surface area (Å²) < 4.78 is 9.82. The van der Waals surface area contributed by atoms with Gasteiger partial charge < -0.3 is 20.6 Å². The van der Waals surface area contributed by atoms with Crippen LogP contribution in [-0.2, 0) is 9.53 Å². The molecule has 1 aromatic carbocycles. The van der Waals surface area contributed by atoms with Crippen LogP contribution in [0.1, 0.15) is 22.8 Å². The predicted molar refractivity (Wildman–Crippen MR) is 69.1 cm³/mol. The van der Waals surface area contributed by atoms with Gasteiger partial charge >= 0.3 is 11.9 Å². The van der Waals surface area contributed by atoms with Crippen molar-refractivity contribution in [2.24, 2.45) is 0 Å². The van der Waals surface area contributed by atoms with Crippen LogP contribution < -0.4 is 10.5 Å². The van der Waals surface area contributed by atoms with Gasteiger partial charge in [0.1, 0.15) is 5.75 Å². The van der Waals surface area contributed by atoms with Gasteiger partial charge in [0, 0.05) is 18.7 Å². The molecule has 0 aliphatic rings. The molecule has 3 N–H and O–H groups in total. The van der Waals surface area contributed by atoms with Crippen molar-refractivity contribution in [3.8, 4) is 5.75 Å². The van der Waals surface area contributed by atoms with Crippen LogP contribution in [0.3, 0.4) is 0 Å². The molecule has 1 rings (SSSR count). The lowest BCUT2D eigenvalue weighted by molar-refractivity contribution is -0.131. The summed E-state index contributed by atoms with van der Waals surface area (Å²) >= 11 is 3.17. The van der Waals surface area contributed by atoms with E-state index >= 15 is 0 Å². The normalized spacial score (nSPS) is 9.72. The van der Waals surface area contributed by atoms with Crippen LogP contribution in [0.5, 0.6) is 5.75 Å². The summed E-state index contributed by atoms with van der Waals surface area (Å²) in [6, 6.07) is 1.29. The quantitative estimate of drug-likeness (QED) is 0.383. The van der Waals surface area contributed by atoms with Gasteiger partial charge in [-0.05, 0) is 22.0 Å². The molecule has 0 fully saturated rings. The van der Waals surface area contributed by atoms with Gasteiger partial charge in [-0.3, -0.25) is 4.79 Å². The zero-order valence-electron chi connectivity index (χ0n) is 9.74. The number of nitrogen functional groups attached to an aromatic ring is 1. The third kappa shape index (κ3) is 2.67. The van der Waals surface area contributed by atoms with Crippen molar-refractivity contribution in [3.63, 3.8) is 0 Å². The number of hydrogen-bond acceptors (Lipinski definition) is 6. The number of hydrogen-bond donors (Lipinski definition) is 2. The number of methoxy groups -OCH3 is 1. The fourth-order valence-corrected chi connectivity index (χ4v) is 1.84. The first-order valence-corrected chi connectivity index (χ1v) is 5.60. The Hall–Kier alpha value is -1.89. The van der Waals surface area contributed by atoms with Crippen LogP contribution >= 0.6 is 15.9 Å². The maximum absolute atomic E-state index is 11.5. The minimum atomic E-state index is -0.670. The number of esters is 2. The van der Waals surface area contributed by atoms with Crippen molar-refractivity contribution in [1.29, 1.82) is 5.41 Å². The Labute approximate surface area is 112 Å². The van der Waals surface area contributed by atoms with Gasteiger partial charge in [0.15, 0.2) is 0 Å². The minimum Gasteiger partial charge on any atom is -0.465 e. The van der Waals surface area contributed by atoms with Gasteiger partial charge in [0.2, 0.25) is 0 Å². The Kier molecular flexibility index (Phi) is 4.43. The molecule has 0 aromatic heterocycles. The van der Waals surface area contributed by atoms with E-state index in [4.69, 9.17) is 15.9 Å². The molecule has 0 bridgehead atoms. The van der Waals surface area contributed by atoms with E-state index < -0.39 is 11.9 Å². The maximum atomic E-state index is 11.5. The lowest BCUT2D eigenvalue weighted by Gasteiger charge is -2.12. The molecule has 0 unspecified atom stereocenters. The summed E-state index contributed by atoms with van der Waals surface area (Å²) in [6.45, 7) is 1.23. The first-order chi connectivity index (χ1) is 8.42. The highest BCUT2D eigenvalue weighted by molar-refractivity contribution is 9.10. The molecule has 0 heterocycles. The third-order valence-electron chi connectivity index (χ3n) is 2.11. The van der Waals surface area contributed by atoms with Crippen LogP contribution in [-0.4, -0.2) is 25.3 Å². The van der Waals surface area contributed by atoms with Gasteiger partial charge in [-0.15, -0.1) is 0 Å².